The van der Waals surface area contributed by atoms with Crippen LogP contribution in [0.1, 0.15) is 46.0 Å². The number of carbonyl (C=O) groups is 3. The van der Waals surface area contributed by atoms with E-state index in [9.17, 15) is 19.5 Å². The van der Waals surface area contributed by atoms with Crippen molar-refractivity contribution in [1.29, 1.82) is 0 Å². The van der Waals surface area contributed by atoms with E-state index in [1.807, 2.05) is 0 Å². The fourth-order valence-electron chi connectivity index (χ4n) is 3.82. The third-order valence-electron chi connectivity index (χ3n) is 5.15. The number of thioether (sulfide) groups is 1. The minimum absolute atomic E-state index is 0. The van der Waals surface area contributed by atoms with Gasteiger partial charge < -0.3 is 25.9 Å². The fraction of sp³-hybridized carbons (Fsp3) is 0.800. The first-order chi connectivity index (χ1) is 10.7. The van der Waals surface area contributed by atoms with Crippen LogP contribution in [-0.2, 0) is 14.4 Å². The molecule has 0 aromatic rings. The predicted molar refractivity (Wildman–Crippen MR) is 83.0 cm³/mol. The van der Waals surface area contributed by atoms with E-state index >= 15 is 0 Å². The molecule has 2 amide bonds. The standard InChI is InChI=1S/C15H23N3O4S.Na/c1-14(2)9(12(20)21)18-10(19)8(11(18)23-14)17-13(22)15(16)6-4-3-5-7-15;/h8-9,11H,3-7,16H2,1-2H3,(H,17,22)(H,20,21);/q;+1/p-1/t8?,9-,11+;/m0./s1. The van der Waals surface area contributed by atoms with E-state index in [0.29, 0.717) is 12.8 Å². The molecule has 3 rings (SSSR count). The van der Waals surface area contributed by atoms with Gasteiger partial charge >= 0.3 is 29.6 Å². The molecule has 2 aliphatic heterocycles. The van der Waals surface area contributed by atoms with E-state index in [1.54, 1.807) is 13.8 Å². The number of aliphatic carboxylic acids is 1. The van der Waals surface area contributed by atoms with Crippen LogP contribution in [0.5, 0.6) is 0 Å². The number of nitrogens with one attached hydrogen (secondary N) is 1. The maximum atomic E-state index is 12.5. The van der Waals surface area contributed by atoms with Gasteiger partial charge in [0.2, 0.25) is 11.8 Å². The van der Waals surface area contributed by atoms with Gasteiger partial charge in [-0.25, -0.2) is 0 Å². The van der Waals surface area contributed by atoms with E-state index in [1.165, 1.54) is 16.7 Å². The summed E-state index contributed by atoms with van der Waals surface area (Å²) in [6.45, 7) is 3.54. The van der Waals surface area contributed by atoms with Crippen molar-refractivity contribution in [3.05, 3.63) is 0 Å². The van der Waals surface area contributed by atoms with Crippen molar-refractivity contribution in [3.8, 4) is 0 Å². The normalized spacial score (nSPS) is 33.0. The summed E-state index contributed by atoms with van der Waals surface area (Å²) in [5.74, 6) is -1.92. The molecule has 2 heterocycles. The number of rotatable bonds is 3. The molecule has 3 aliphatic rings. The minimum Gasteiger partial charge on any atom is -0.548 e. The fourth-order valence-corrected chi connectivity index (χ4v) is 5.44. The number of hydrogen-bond acceptors (Lipinski definition) is 6. The minimum atomic E-state index is -1.26. The van der Waals surface area contributed by atoms with Gasteiger partial charge in [-0.1, -0.05) is 19.3 Å². The Hall–Kier alpha value is -0.280. The van der Waals surface area contributed by atoms with Crippen molar-refractivity contribution in [1.82, 2.24) is 10.2 Å². The molecule has 1 unspecified atom stereocenters. The third-order valence-corrected chi connectivity index (χ3v) is 6.72. The van der Waals surface area contributed by atoms with Gasteiger partial charge in [0.05, 0.1) is 17.6 Å². The molecule has 3 N–H and O–H groups in total. The van der Waals surface area contributed by atoms with Gasteiger partial charge in [0.1, 0.15) is 11.4 Å². The molecule has 3 atom stereocenters. The largest absolute Gasteiger partial charge is 1.00 e. The molecule has 0 spiro atoms. The number of nitrogens with zero attached hydrogens (tertiary/aromatic N) is 1. The Morgan fingerprint density at radius 1 is 1.29 bits per heavy atom. The van der Waals surface area contributed by atoms with Crippen molar-refractivity contribution < 1.29 is 49.0 Å². The van der Waals surface area contributed by atoms with Gasteiger partial charge in [0.15, 0.2) is 0 Å². The predicted octanol–water partition coefficient (Wildman–Crippen LogP) is -4.05. The number of nitrogens with two attached hydrogens (primary N) is 1. The van der Waals surface area contributed by atoms with Crippen molar-refractivity contribution in [2.75, 3.05) is 0 Å². The summed E-state index contributed by atoms with van der Waals surface area (Å²) in [5, 5.41) is 13.7. The van der Waals surface area contributed by atoms with Gasteiger partial charge in [0.25, 0.3) is 0 Å². The van der Waals surface area contributed by atoms with Gasteiger partial charge in [-0.3, -0.25) is 9.59 Å². The third kappa shape index (κ3) is 3.11. The Morgan fingerprint density at radius 3 is 2.42 bits per heavy atom. The van der Waals surface area contributed by atoms with Crippen molar-refractivity contribution in [2.45, 2.75) is 73.7 Å². The Balaban J connectivity index is 0.00000208. The van der Waals surface area contributed by atoms with Crippen LogP contribution in [-0.4, -0.2) is 50.4 Å². The smallest absolute Gasteiger partial charge is 0.548 e. The molecular formula is C15H22N3NaO4S. The topological polar surface area (TPSA) is 116 Å². The summed E-state index contributed by atoms with van der Waals surface area (Å²) in [6, 6.07) is -1.67. The molecule has 2 saturated heterocycles. The summed E-state index contributed by atoms with van der Waals surface area (Å²) >= 11 is 1.38. The van der Waals surface area contributed by atoms with E-state index in [4.69, 9.17) is 5.73 Å². The Labute approximate surface area is 167 Å². The molecule has 0 aromatic heterocycles. The van der Waals surface area contributed by atoms with Gasteiger partial charge in [-0.2, -0.15) is 0 Å². The SMILES string of the molecule is CC1(C)S[C@@H]2C(NC(=O)C3(N)CCCCC3)C(=O)N2[C@H]1C(=O)[O-].[Na+]. The molecule has 24 heavy (non-hydrogen) atoms. The Kier molecular flexibility index (Phi) is 5.67. The second kappa shape index (κ2) is 6.79. The van der Waals surface area contributed by atoms with Crippen LogP contribution < -0.4 is 45.7 Å². The first kappa shape index (κ1) is 20.0. The first-order valence-corrected chi connectivity index (χ1v) is 8.86. The zero-order valence-electron chi connectivity index (χ0n) is 14.3. The number of amides is 2. The summed E-state index contributed by atoms with van der Waals surface area (Å²) in [6.07, 6.45) is 4.13. The van der Waals surface area contributed by atoms with E-state index in [2.05, 4.69) is 5.32 Å². The van der Waals surface area contributed by atoms with Crippen molar-refractivity contribution in [2.24, 2.45) is 5.73 Å². The number of β-lactam (4-membered cyclic amide) rings is 1. The van der Waals surface area contributed by atoms with Crippen LogP contribution in [0.3, 0.4) is 0 Å². The first-order valence-electron chi connectivity index (χ1n) is 7.98. The average Bonchev–Trinajstić information content (AvgIpc) is 2.73. The van der Waals surface area contributed by atoms with Crippen LogP contribution in [0.25, 0.3) is 0 Å². The van der Waals surface area contributed by atoms with Crippen LogP contribution in [0, 0.1) is 0 Å². The van der Waals surface area contributed by atoms with E-state index in [0.717, 1.165) is 19.3 Å². The van der Waals surface area contributed by atoms with Crippen LogP contribution in [0.4, 0.5) is 0 Å². The quantitative estimate of drug-likeness (QED) is 0.390. The van der Waals surface area contributed by atoms with Gasteiger partial charge in [-0.15, -0.1) is 11.8 Å². The maximum Gasteiger partial charge on any atom is 1.00 e. The Morgan fingerprint density at radius 2 is 1.88 bits per heavy atom. The summed E-state index contributed by atoms with van der Waals surface area (Å²) in [4.78, 5) is 37.5. The average molecular weight is 363 g/mol. The zero-order valence-corrected chi connectivity index (χ0v) is 17.1. The summed E-state index contributed by atoms with van der Waals surface area (Å²) in [7, 11) is 0. The van der Waals surface area contributed by atoms with E-state index < -0.39 is 28.3 Å². The molecule has 9 heteroatoms. The number of carbonyl (C=O) groups excluding carboxylic acids is 3. The number of hydrogen-bond donors (Lipinski definition) is 2. The monoisotopic (exact) mass is 363 g/mol. The van der Waals surface area contributed by atoms with E-state index in [-0.39, 0.29) is 46.7 Å². The Bertz CT molecular complexity index is 565. The molecular weight excluding hydrogens is 341 g/mol. The van der Waals surface area contributed by atoms with Crippen LogP contribution in [0.2, 0.25) is 0 Å². The van der Waals surface area contributed by atoms with Crippen molar-refractivity contribution >= 4 is 29.5 Å². The summed E-state index contributed by atoms with van der Waals surface area (Å²) in [5.41, 5.74) is 5.28. The molecule has 0 bridgehead atoms. The molecule has 1 saturated carbocycles. The second-order valence-corrected chi connectivity index (χ2v) is 9.02. The molecule has 1 aliphatic carbocycles. The molecule has 3 fully saturated rings. The number of carboxylic acids is 1. The zero-order chi connectivity index (χ0) is 17.0. The second-order valence-electron chi connectivity index (χ2n) is 7.25. The molecule has 0 aromatic carbocycles. The molecule has 7 nitrogen and oxygen atoms in total. The molecule has 128 valence electrons. The number of fused-ring (bicyclic) bond motifs is 1. The van der Waals surface area contributed by atoms with Crippen LogP contribution in [0.15, 0.2) is 0 Å². The maximum absolute atomic E-state index is 12.5. The number of carboxylic acid groups (broad SMARTS) is 1. The van der Waals surface area contributed by atoms with Gasteiger partial charge in [0, 0.05) is 4.75 Å². The van der Waals surface area contributed by atoms with Gasteiger partial charge in [-0.05, 0) is 26.7 Å². The van der Waals surface area contributed by atoms with Crippen molar-refractivity contribution in [3.63, 3.8) is 0 Å². The molecule has 0 radical (unpaired) electrons. The summed E-state index contributed by atoms with van der Waals surface area (Å²) < 4.78 is -0.649. The van der Waals surface area contributed by atoms with Crippen LogP contribution >= 0.6 is 11.8 Å².